The maximum Gasteiger partial charge on any atom is 0.338 e. The number of aliphatic hydroxyl groups excluding tert-OH is 1. The lowest BCUT2D eigenvalue weighted by molar-refractivity contribution is -0.158. The summed E-state index contributed by atoms with van der Waals surface area (Å²) in [6, 6.07) is 19.3. The van der Waals surface area contributed by atoms with E-state index in [1.54, 1.807) is 13.8 Å². The van der Waals surface area contributed by atoms with Crippen LogP contribution < -0.4 is 0 Å². The van der Waals surface area contributed by atoms with Gasteiger partial charge in [0.05, 0.1) is 11.1 Å². The monoisotopic (exact) mass is 1030 g/mol. The van der Waals surface area contributed by atoms with Crippen molar-refractivity contribution in [2.75, 3.05) is 19.8 Å². The van der Waals surface area contributed by atoms with E-state index in [-0.39, 0.29) is 31.8 Å². The summed E-state index contributed by atoms with van der Waals surface area (Å²) in [6.07, 6.45) is 29.9. The first kappa shape index (κ1) is 63.6. The quantitative estimate of drug-likeness (QED) is 0.0382. The standard InChI is InChI=1S/C32H50O6.C30H46O6/c1-4-6-7-8-9-10-11-12-13-14-15-16-20-23-29(33)36-25-28(35-5-2)31-30(26(3)32(34)38-31)37-24-27-21-18-17-19-22-27;1-3-4-5-6-7-8-9-10-11-12-13-14-18-21-27(32)34-23-26(31)29-28(24(2)30(33)36-29)35-22-25-19-16-15-17-20-25/h17-19,21-22,28,31H,4-16,20,23-25H2,1-3H3;15-17,19-20,26,29,31H,3-14,18,21-23H2,1-2H3/t28-,31+;26-,29+/m00/s1. The van der Waals surface area contributed by atoms with E-state index in [1.165, 1.54) is 128 Å². The number of unbranched alkanes of at least 4 members (excludes halogenated alkanes) is 24. The molecule has 0 amide bonds. The van der Waals surface area contributed by atoms with Gasteiger partial charge < -0.3 is 38.3 Å². The van der Waals surface area contributed by atoms with Gasteiger partial charge in [-0.15, -0.1) is 0 Å². The zero-order valence-corrected chi connectivity index (χ0v) is 46.4. The van der Waals surface area contributed by atoms with Crippen molar-refractivity contribution >= 4 is 23.9 Å². The second kappa shape index (κ2) is 40.6. The first-order valence-electron chi connectivity index (χ1n) is 28.9. The van der Waals surface area contributed by atoms with Gasteiger partial charge in [0.2, 0.25) is 0 Å². The van der Waals surface area contributed by atoms with Gasteiger partial charge in [-0.2, -0.15) is 0 Å². The second-order valence-corrected chi connectivity index (χ2v) is 20.1. The molecule has 0 fully saturated rings. The van der Waals surface area contributed by atoms with Crippen LogP contribution in [0, 0.1) is 0 Å². The van der Waals surface area contributed by atoms with Crippen LogP contribution in [-0.4, -0.2) is 73.2 Å². The Morgan fingerprint density at radius 2 is 0.824 bits per heavy atom. The number of ether oxygens (including phenoxy) is 7. The van der Waals surface area contributed by atoms with Gasteiger partial charge in [-0.05, 0) is 44.7 Å². The van der Waals surface area contributed by atoms with Crippen molar-refractivity contribution in [3.05, 3.63) is 94.5 Å². The Hall–Kier alpha value is -4.68. The third kappa shape index (κ3) is 27.2. The van der Waals surface area contributed by atoms with Crippen LogP contribution in [0.2, 0.25) is 0 Å². The molecule has 1 N–H and O–H groups in total. The Balaban J connectivity index is 0.000000391. The highest BCUT2D eigenvalue weighted by molar-refractivity contribution is 5.91. The van der Waals surface area contributed by atoms with Crippen LogP contribution in [0.15, 0.2) is 83.3 Å². The Labute approximate surface area is 446 Å². The maximum absolute atomic E-state index is 12.4. The Bertz CT molecular complexity index is 1880. The number of aliphatic hydroxyl groups is 1. The lowest BCUT2D eigenvalue weighted by Gasteiger charge is -2.24. The first-order chi connectivity index (χ1) is 36.1. The Kier molecular flexibility index (Phi) is 34.9. The van der Waals surface area contributed by atoms with Gasteiger partial charge in [0.15, 0.2) is 23.7 Å². The minimum Gasteiger partial charge on any atom is -0.489 e. The van der Waals surface area contributed by atoms with Gasteiger partial charge in [0, 0.05) is 19.4 Å². The third-order valence-corrected chi connectivity index (χ3v) is 13.7. The van der Waals surface area contributed by atoms with Crippen LogP contribution in [0.25, 0.3) is 0 Å². The van der Waals surface area contributed by atoms with E-state index in [0.717, 1.165) is 49.7 Å². The van der Waals surface area contributed by atoms with Gasteiger partial charge in [0.1, 0.15) is 38.6 Å². The molecule has 0 unspecified atom stereocenters. The van der Waals surface area contributed by atoms with Gasteiger partial charge in [-0.25, -0.2) is 9.59 Å². The summed E-state index contributed by atoms with van der Waals surface area (Å²) in [6.45, 7) is 10.4. The Morgan fingerprint density at radius 3 is 1.20 bits per heavy atom. The van der Waals surface area contributed by atoms with Crippen molar-refractivity contribution in [1.82, 2.24) is 0 Å². The lowest BCUT2D eigenvalue weighted by Crippen LogP contribution is -2.37. The van der Waals surface area contributed by atoms with E-state index in [1.807, 2.05) is 67.6 Å². The zero-order valence-electron chi connectivity index (χ0n) is 46.4. The molecule has 0 bridgehead atoms. The smallest absolute Gasteiger partial charge is 0.338 e. The number of rotatable bonds is 42. The number of esters is 4. The van der Waals surface area contributed by atoms with Crippen LogP contribution in [0.1, 0.15) is 226 Å². The summed E-state index contributed by atoms with van der Waals surface area (Å²) >= 11 is 0. The average molecular weight is 1030 g/mol. The fraction of sp³-hybridized carbons (Fsp3) is 0.677. The third-order valence-electron chi connectivity index (χ3n) is 13.7. The fourth-order valence-corrected chi connectivity index (χ4v) is 9.09. The molecule has 2 aliphatic heterocycles. The van der Waals surface area contributed by atoms with E-state index < -0.39 is 36.4 Å². The SMILES string of the molecule is CCCCCCCCCCCCCCCC(=O)OC[C@H](O)[C@H]1OC(=O)C(C)=C1OCc1ccccc1.CCCCCCCCCCCCCCCC(=O)OC[C@H](OCC)[C@H]1OC(=O)C(C)=C1OCc1ccccc1. The van der Waals surface area contributed by atoms with E-state index in [2.05, 4.69) is 13.8 Å². The van der Waals surface area contributed by atoms with Gasteiger partial charge in [0.25, 0.3) is 0 Å². The molecule has 0 aromatic heterocycles. The highest BCUT2D eigenvalue weighted by Crippen LogP contribution is 2.30. The largest absolute Gasteiger partial charge is 0.489 e. The molecule has 4 rings (SSSR count). The van der Waals surface area contributed by atoms with Crippen molar-refractivity contribution in [3.8, 4) is 0 Å². The minimum absolute atomic E-state index is 0.0224. The van der Waals surface area contributed by atoms with Crippen molar-refractivity contribution in [2.24, 2.45) is 0 Å². The minimum atomic E-state index is -1.17. The van der Waals surface area contributed by atoms with Gasteiger partial charge >= 0.3 is 23.9 Å². The lowest BCUT2D eigenvalue weighted by atomic mass is 10.0. The van der Waals surface area contributed by atoms with Crippen LogP contribution in [-0.2, 0) is 65.5 Å². The van der Waals surface area contributed by atoms with Crippen molar-refractivity contribution in [2.45, 2.75) is 252 Å². The number of cyclic esters (lactones) is 2. The number of carbonyl (C=O) groups is 4. The molecule has 12 heteroatoms. The number of benzene rings is 2. The Morgan fingerprint density at radius 1 is 0.486 bits per heavy atom. The number of hydrogen-bond donors (Lipinski definition) is 1. The van der Waals surface area contributed by atoms with Crippen molar-refractivity contribution < 1.29 is 57.4 Å². The molecule has 0 saturated carbocycles. The van der Waals surface area contributed by atoms with E-state index in [0.29, 0.717) is 48.7 Å². The molecule has 416 valence electrons. The van der Waals surface area contributed by atoms with Crippen molar-refractivity contribution in [1.29, 1.82) is 0 Å². The maximum atomic E-state index is 12.4. The molecule has 2 aromatic rings. The molecule has 0 saturated heterocycles. The van der Waals surface area contributed by atoms with E-state index in [4.69, 9.17) is 33.2 Å². The van der Waals surface area contributed by atoms with E-state index in [9.17, 15) is 24.3 Å². The highest BCUT2D eigenvalue weighted by atomic mass is 16.6. The van der Waals surface area contributed by atoms with Crippen molar-refractivity contribution in [3.63, 3.8) is 0 Å². The second-order valence-electron chi connectivity index (χ2n) is 20.1. The zero-order chi connectivity index (χ0) is 53.4. The summed E-state index contributed by atoms with van der Waals surface area (Å²) < 4.78 is 39.2. The summed E-state index contributed by atoms with van der Waals surface area (Å²) in [5, 5.41) is 10.5. The summed E-state index contributed by atoms with van der Waals surface area (Å²) in [7, 11) is 0. The number of carbonyl (C=O) groups excluding carboxylic acids is 4. The molecule has 0 radical (unpaired) electrons. The van der Waals surface area contributed by atoms with Gasteiger partial charge in [-0.3, -0.25) is 9.59 Å². The normalized spacial score (nSPS) is 16.1. The molecule has 0 spiro atoms. The predicted octanol–water partition coefficient (Wildman–Crippen LogP) is 14.6. The fourth-order valence-electron chi connectivity index (χ4n) is 9.09. The summed E-state index contributed by atoms with van der Waals surface area (Å²) in [4.78, 5) is 48.8. The van der Waals surface area contributed by atoms with E-state index >= 15 is 0 Å². The first-order valence-corrected chi connectivity index (χ1v) is 28.9. The summed E-state index contributed by atoms with van der Waals surface area (Å²) in [5.74, 6) is -0.793. The van der Waals surface area contributed by atoms with Crippen LogP contribution in [0.3, 0.4) is 0 Å². The van der Waals surface area contributed by atoms with Crippen LogP contribution >= 0.6 is 0 Å². The topological polar surface area (TPSA) is 153 Å². The van der Waals surface area contributed by atoms with Gasteiger partial charge in [-0.1, -0.05) is 229 Å². The molecular formula is C62H96O12. The summed E-state index contributed by atoms with van der Waals surface area (Å²) in [5.41, 5.74) is 2.68. The van der Waals surface area contributed by atoms with Crippen LogP contribution in [0.5, 0.6) is 0 Å². The average Bonchev–Trinajstić information content (AvgIpc) is 3.86. The molecule has 2 aliphatic rings. The van der Waals surface area contributed by atoms with Crippen LogP contribution in [0.4, 0.5) is 0 Å². The number of hydrogen-bond acceptors (Lipinski definition) is 12. The predicted molar refractivity (Wildman–Crippen MR) is 292 cm³/mol. The molecule has 4 atom stereocenters. The highest BCUT2D eigenvalue weighted by Gasteiger charge is 2.41. The molecule has 74 heavy (non-hydrogen) atoms. The molecular weight excluding hydrogens is 937 g/mol. The molecule has 2 aromatic carbocycles. The molecule has 12 nitrogen and oxygen atoms in total. The molecule has 0 aliphatic carbocycles. The molecule has 2 heterocycles.